The summed E-state index contributed by atoms with van der Waals surface area (Å²) in [7, 11) is 0. The Bertz CT molecular complexity index is 427. The van der Waals surface area contributed by atoms with E-state index in [0.29, 0.717) is 5.70 Å². The van der Waals surface area contributed by atoms with Crippen LogP contribution in [0.1, 0.15) is 20.3 Å². The van der Waals surface area contributed by atoms with E-state index in [1.807, 2.05) is 44.2 Å². The SMILES string of the molecule is C=C1N(c2ccccc2)C(=O)O[C@@]1(C)CC. The van der Waals surface area contributed by atoms with Crippen LogP contribution >= 0.6 is 0 Å². The van der Waals surface area contributed by atoms with Gasteiger partial charge in [0.05, 0.1) is 11.4 Å². The number of para-hydroxylation sites is 1. The Hall–Kier alpha value is -1.77. The minimum absolute atomic E-state index is 0.347. The monoisotopic (exact) mass is 217 g/mol. The van der Waals surface area contributed by atoms with Gasteiger partial charge in [0.2, 0.25) is 0 Å². The lowest BCUT2D eigenvalue weighted by atomic mass is 10.00. The molecule has 0 spiro atoms. The van der Waals surface area contributed by atoms with Gasteiger partial charge < -0.3 is 4.74 Å². The van der Waals surface area contributed by atoms with Gasteiger partial charge in [0.15, 0.2) is 5.60 Å². The summed E-state index contributed by atoms with van der Waals surface area (Å²) in [5.74, 6) is 0. The highest BCUT2D eigenvalue weighted by Crippen LogP contribution is 2.37. The number of hydrogen-bond acceptors (Lipinski definition) is 2. The number of hydrogen-bond donors (Lipinski definition) is 0. The molecule has 1 aromatic carbocycles. The van der Waals surface area contributed by atoms with Crippen molar-refractivity contribution >= 4 is 11.8 Å². The molecule has 84 valence electrons. The number of ether oxygens (including phenoxy) is 1. The zero-order valence-corrected chi connectivity index (χ0v) is 9.56. The lowest BCUT2D eigenvalue weighted by molar-refractivity contribution is 0.0823. The Labute approximate surface area is 95.3 Å². The quantitative estimate of drug-likeness (QED) is 0.760. The van der Waals surface area contributed by atoms with Crippen LogP contribution in [0.5, 0.6) is 0 Å². The van der Waals surface area contributed by atoms with E-state index >= 15 is 0 Å². The molecule has 1 atom stereocenters. The van der Waals surface area contributed by atoms with Crippen molar-refractivity contribution in [2.45, 2.75) is 25.9 Å². The highest BCUT2D eigenvalue weighted by molar-refractivity contribution is 5.94. The summed E-state index contributed by atoms with van der Waals surface area (Å²) in [4.78, 5) is 13.3. The molecule has 0 N–H and O–H groups in total. The Balaban J connectivity index is 2.38. The van der Waals surface area contributed by atoms with Gasteiger partial charge in [-0.15, -0.1) is 0 Å². The van der Waals surface area contributed by atoms with Crippen LogP contribution in [0.25, 0.3) is 0 Å². The van der Waals surface area contributed by atoms with Crippen LogP contribution in [-0.2, 0) is 4.74 Å². The maximum Gasteiger partial charge on any atom is 0.419 e. The van der Waals surface area contributed by atoms with E-state index in [1.165, 1.54) is 4.90 Å². The van der Waals surface area contributed by atoms with Gasteiger partial charge in [-0.3, -0.25) is 0 Å². The number of nitrogens with zero attached hydrogens (tertiary/aromatic N) is 1. The van der Waals surface area contributed by atoms with Crippen molar-refractivity contribution in [3.8, 4) is 0 Å². The van der Waals surface area contributed by atoms with E-state index in [1.54, 1.807) is 0 Å². The molecule has 1 aliphatic rings. The summed E-state index contributed by atoms with van der Waals surface area (Å²) in [6.45, 7) is 7.83. The molecule has 2 rings (SSSR count). The van der Waals surface area contributed by atoms with Crippen LogP contribution < -0.4 is 4.90 Å². The maximum absolute atomic E-state index is 11.8. The number of cyclic esters (lactones) is 1. The standard InChI is InChI=1S/C13H15NO2/c1-4-13(3)10(2)14(12(15)16-13)11-8-6-5-7-9-11/h5-9H,2,4H2,1,3H3/t13-/m0/s1. The van der Waals surface area contributed by atoms with Crippen LogP contribution in [0, 0.1) is 0 Å². The molecule has 1 aliphatic heterocycles. The Morgan fingerprint density at radius 1 is 1.38 bits per heavy atom. The largest absolute Gasteiger partial charge is 0.436 e. The van der Waals surface area contributed by atoms with Crippen molar-refractivity contribution in [2.75, 3.05) is 4.90 Å². The number of carbonyl (C=O) groups excluding carboxylic acids is 1. The number of amides is 1. The smallest absolute Gasteiger partial charge is 0.419 e. The van der Waals surface area contributed by atoms with Crippen molar-refractivity contribution in [1.82, 2.24) is 0 Å². The minimum atomic E-state index is -0.576. The van der Waals surface area contributed by atoms with Gasteiger partial charge in [0.1, 0.15) is 0 Å². The molecule has 1 saturated heterocycles. The van der Waals surface area contributed by atoms with Crippen molar-refractivity contribution in [1.29, 1.82) is 0 Å². The lowest BCUT2D eigenvalue weighted by Crippen LogP contribution is -2.27. The van der Waals surface area contributed by atoms with Crippen molar-refractivity contribution in [3.63, 3.8) is 0 Å². The number of anilines is 1. The average Bonchev–Trinajstić information content (AvgIpc) is 2.52. The summed E-state index contributed by atoms with van der Waals surface area (Å²) < 4.78 is 5.36. The maximum atomic E-state index is 11.8. The first-order valence-electron chi connectivity index (χ1n) is 5.36. The molecule has 0 radical (unpaired) electrons. The molecule has 0 bridgehead atoms. The number of benzene rings is 1. The fourth-order valence-electron chi connectivity index (χ4n) is 1.76. The topological polar surface area (TPSA) is 29.5 Å². The van der Waals surface area contributed by atoms with E-state index < -0.39 is 5.60 Å². The van der Waals surface area contributed by atoms with Crippen LogP contribution in [-0.4, -0.2) is 11.7 Å². The van der Waals surface area contributed by atoms with Crippen molar-refractivity contribution < 1.29 is 9.53 Å². The first-order valence-corrected chi connectivity index (χ1v) is 5.36. The second-order valence-electron chi connectivity index (χ2n) is 4.07. The highest BCUT2D eigenvalue weighted by Gasteiger charge is 2.44. The zero-order valence-electron chi connectivity index (χ0n) is 9.56. The third-order valence-corrected chi connectivity index (χ3v) is 3.06. The first-order chi connectivity index (χ1) is 7.58. The lowest BCUT2D eigenvalue weighted by Gasteiger charge is -2.22. The first kappa shape index (κ1) is 10.7. The molecule has 3 heteroatoms. The summed E-state index contributed by atoms with van der Waals surface area (Å²) in [5.41, 5.74) is 0.924. The van der Waals surface area contributed by atoms with E-state index in [-0.39, 0.29) is 6.09 Å². The molecule has 1 fully saturated rings. The van der Waals surface area contributed by atoms with E-state index in [0.717, 1.165) is 12.1 Å². The van der Waals surface area contributed by atoms with Crippen LogP contribution in [0.15, 0.2) is 42.6 Å². The molecule has 1 aromatic rings. The highest BCUT2D eigenvalue weighted by atomic mass is 16.6. The van der Waals surface area contributed by atoms with Gasteiger partial charge in [-0.05, 0) is 25.5 Å². The van der Waals surface area contributed by atoms with Gasteiger partial charge in [-0.1, -0.05) is 31.7 Å². The second-order valence-corrected chi connectivity index (χ2v) is 4.07. The van der Waals surface area contributed by atoms with Gasteiger partial charge in [-0.25, -0.2) is 9.69 Å². The molecule has 1 heterocycles. The third kappa shape index (κ3) is 1.48. The van der Waals surface area contributed by atoms with E-state index in [4.69, 9.17) is 4.74 Å². The van der Waals surface area contributed by atoms with Crippen LogP contribution in [0.4, 0.5) is 10.5 Å². The molecule has 0 aliphatic carbocycles. The summed E-state index contributed by atoms with van der Waals surface area (Å²) in [6.07, 6.45) is 0.376. The van der Waals surface area contributed by atoms with Gasteiger partial charge in [0.25, 0.3) is 0 Å². The van der Waals surface area contributed by atoms with Gasteiger partial charge >= 0.3 is 6.09 Å². The van der Waals surface area contributed by atoms with E-state index in [9.17, 15) is 4.79 Å². The van der Waals surface area contributed by atoms with Crippen molar-refractivity contribution in [3.05, 3.63) is 42.6 Å². The molecular weight excluding hydrogens is 202 g/mol. The average molecular weight is 217 g/mol. The number of rotatable bonds is 2. The molecule has 16 heavy (non-hydrogen) atoms. The Morgan fingerprint density at radius 3 is 2.50 bits per heavy atom. The number of carbonyl (C=O) groups is 1. The molecule has 1 amide bonds. The van der Waals surface area contributed by atoms with Crippen LogP contribution in [0.3, 0.4) is 0 Å². The predicted octanol–water partition coefficient (Wildman–Crippen LogP) is 3.33. The molecule has 0 unspecified atom stereocenters. The van der Waals surface area contributed by atoms with Gasteiger partial charge in [0, 0.05) is 0 Å². The summed E-state index contributed by atoms with van der Waals surface area (Å²) in [5, 5.41) is 0. The van der Waals surface area contributed by atoms with Crippen LogP contribution in [0.2, 0.25) is 0 Å². The Morgan fingerprint density at radius 2 is 2.00 bits per heavy atom. The fraction of sp³-hybridized carbons (Fsp3) is 0.308. The molecule has 0 saturated carbocycles. The summed E-state index contributed by atoms with van der Waals surface area (Å²) >= 11 is 0. The summed E-state index contributed by atoms with van der Waals surface area (Å²) in [6, 6.07) is 9.42. The third-order valence-electron chi connectivity index (χ3n) is 3.06. The van der Waals surface area contributed by atoms with Crippen molar-refractivity contribution in [2.24, 2.45) is 0 Å². The second kappa shape index (κ2) is 3.67. The van der Waals surface area contributed by atoms with E-state index in [2.05, 4.69) is 6.58 Å². The molecule has 0 aromatic heterocycles. The Kier molecular flexibility index (Phi) is 2.46. The predicted molar refractivity (Wildman–Crippen MR) is 63.2 cm³/mol. The zero-order chi connectivity index (χ0) is 11.8. The normalized spacial score (nSPS) is 24.8. The van der Waals surface area contributed by atoms with Gasteiger partial charge in [-0.2, -0.15) is 0 Å². The minimum Gasteiger partial charge on any atom is -0.436 e. The molecule has 3 nitrogen and oxygen atoms in total. The molecular formula is C13H15NO2. The fourth-order valence-corrected chi connectivity index (χ4v) is 1.76.